The second-order valence-electron chi connectivity index (χ2n) is 5.45. The lowest BCUT2D eigenvalue weighted by Gasteiger charge is -2.29. The van der Waals surface area contributed by atoms with E-state index in [1.807, 2.05) is 6.07 Å². The average Bonchev–Trinajstić information content (AvgIpc) is 2.91. The highest BCUT2D eigenvalue weighted by molar-refractivity contribution is 5.20. The van der Waals surface area contributed by atoms with Crippen molar-refractivity contribution in [1.29, 1.82) is 0 Å². The third kappa shape index (κ3) is 2.22. The highest BCUT2D eigenvalue weighted by Crippen LogP contribution is 2.37. The smallest absolute Gasteiger partial charge is 0.123 e. The normalized spacial score (nSPS) is 29.8. The molecule has 3 atom stereocenters. The van der Waals surface area contributed by atoms with Crippen LogP contribution < -0.4 is 5.73 Å². The Morgan fingerprint density at radius 1 is 1.41 bits per heavy atom. The number of halogens is 1. The van der Waals surface area contributed by atoms with Crippen molar-refractivity contribution < 1.29 is 4.39 Å². The largest absolute Gasteiger partial charge is 0.323 e. The van der Waals surface area contributed by atoms with Gasteiger partial charge >= 0.3 is 0 Å². The van der Waals surface area contributed by atoms with Crippen molar-refractivity contribution >= 4 is 0 Å². The van der Waals surface area contributed by atoms with Crippen molar-refractivity contribution in [1.82, 2.24) is 4.90 Å². The third-order valence-electron chi connectivity index (χ3n) is 4.23. The minimum absolute atomic E-state index is 0.0648. The van der Waals surface area contributed by atoms with Crippen LogP contribution in [-0.4, -0.2) is 24.0 Å². The zero-order chi connectivity index (χ0) is 11.8. The number of hydrogen-bond donors (Lipinski definition) is 1. The molecule has 1 aliphatic heterocycles. The van der Waals surface area contributed by atoms with E-state index in [4.69, 9.17) is 5.73 Å². The Morgan fingerprint density at radius 3 is 2.94 bits per heavy atom. The molecule has 1 saturated carbocycles. The first-order chi connectivity index (χ1) is 8.22. The summed E-state index contributed by atoms with van der Waals surface area (Å²) in [7, 11) is 0. The predicted molar refractivity (Wildman–Crippen MR) is 66.0 cm³/mol. The molecule has 2 N–H and O–H groups in total. The fraction of sp³-hybridized carbons (Fsp3) is 0.571. The van der Waals surface area contributed by atoms with Gasteiger partial charge in [0, 0.05) is 25.2 Å². The van der Waals surface area contributed by atoms with Gasteiger partial charge in [0.1, 0.15) is 5.82 Å². The Kier molecular flexibility index (Phi) is 2.89. The van der Waals surface area contributed by atoms with Crippen LogP contribution in [0.1, 0.15) is 30.9 Å². The van der Waals surface area contributed by atoms with Gasteiger partial charge in [0.15, 0.2) is 0 Å². The number of likely N-dealkylation sites (tertiary alicyclic amines) is 1. The average molecular weight is 234 g/mol. The van der Waals surface area contributed by atoms with Crippen molar-refractivity contribution in [3.8, 4) is 0 Å². The van der Waals surface area contributed by atoms with Gasteiger partial charge in [-0.15, -0.1) is 0 Å². The van der Waals surface area contributed by atoms with Crippen LogP contribution in [0.25, 0.3) is 0 Å². The van der Waals surface area contributed by atoms with Crippen molar-refractivity contribution in [2.45, 2.75) is 31.3 Å². The highest BCUT2D eigenvalue weighted by atomic mass is 19.1. The number of nitrogens with two attached hydrogens (primary N) is 1. The zero-order valence-electron chi connectivity index (χ0n) is 9.98. The Hall–Kier alpha value is -0.930. The van der Waals surface area contributed by atoms with Crippen LogP contribution in [0.2, 0.25) is 0 Å². The molecule has 3 unspecified atom stereocenters. The van der Waals surface area contributed by atoms with E-state index >= 15 is 0 Å². The second kappa shape index (κ2) is 4.39. The van der Waals surface area contributed by atoms with Crippen LogP contribution in [0.3, 0.4) is 0 Å². The van der Waals surface area contributed by atoms with E-state index in [9.17, 15) is 4.39 Å². The molecular formula is C14H19FN2. The molecule has 2 bridgehead atoms. The molecule has 17 heavy (non-hydrogen) atoms. The van der Waals surface area contributed by atoms with Gasteiger partial charge in [-0.25, -0.2) is 4.39 Å². The topological polar surface area (TPSA) is 29.3 Å². The van der Waals surface area contributed by atoms with Gasteiger partial charge in [-0.3, -0.25) is 4.90 Å². The van der Waals surface area contributed by atoms with Crippen LogP contribution in [-0.2, 0) is 0 Å². The van der Waals surface area contributed by atoms with Crippen molar-refractivity contribution in [3.63, 3.8) is 0 Å². The molecule has 3 rings (SSSR count). The molecular weight excluding hydrogens is 215 g/mol. The molecule has 1 aromatic rings. The summed E-state index contributed by atoms with van der Waals surface area (Å²) in [6, 6.07) is 7.35. The van der Waals surface area contributed by atoms with E-state index in [0.717, 1.165) is 24.1 Å². The van der Waals surface area contributed by atoms with E-state index < -0.39 is 0 Å². The van der Waals surface area contributed by atoms with Crippen molar-refractivity contribution in [2.24, 2.45) is 11.7 Å². The summed E-state index contributed by atoms with van der Waals surface area (Å²) in [5.41, 5.74) is 7.08. The Morgan fingerprint density at radius 2 is 2.29 bits per heavy atom. The summed E-state index contributed by atoms with van der Waals surface area (Å²) in [6.45, 7) is 2.05. The lowest BCUT2D eigenvalue weighted by Crippen LogP contribution is -2.37. The second-order valence-corrected chi connectivity index (χ2v) is 5.45. The number of nitrogens with zero attached hydrogens (tertiary/aromatic N) is 1. The zero-order valence-corrected chi connectivity index (χ0v) is 9.98. The molecule has 2 aliphatic rings. The van der Waals surface area contributed by atoms with Gasteiger partial charge in [0.2, 0.25) is 0 Å². The Labute approximate surface area is 102 Å². The van der Waals surface area contributed by atoms with Crippen LogP contribution in [0.4, 0.5) is 4.39 Å². The van der Waals surface area contributed by atoms with Crippen molar-refractivity contribution in [2.75, 3.05) is 13.1 Å². The molecule has 1 aliphatic carbocycles. The number of piperidine rings is 1. The lowest BCUT2D eigenvalue weighted by atomic mass is 10.1. The molecule has 0 aromatic heterocycles. The maximum atomic E-state index is 13.1. The third-order valence-corrected chi connectivity index (χ3v) is 4.23. The summed E-state index contributed by atoms with van der Waals surface area (Å²) < 4.78 is 13.1. The minimum atomic E-state index is -0.194. The fourth-order valence-electron chi connectivity index (χ4n) is 3.35. The van der Waals surface area contributed by atoms with Crippen molar-refractivity contribution in [3.05, 3.63) is 35.6 Å². The molecule has 1 saturated heterocycles. The van der Waals surface area contributed by atoms with Crippen LogP contribution >= 0.6 is 0 Å². The van der Waals surface area contributed by atoms with Crippen LogP contribution in [0.15, 0.2) is 24.3 Å². The molecule has 0 spiro atoms. The lowest BCUT2D eigenvalue weighted by molar-refractivity contribution is 0.201. The molecule has 2 nitrogen and oxygen atoms in total. The highest BCUT2D eigenvalue weighted by Gasteiger charge is 2.38. The van der Waals surface area contributed by atoms with E-state index in [2.05, 4.69) is 4.90 Å². The summed E-state index contributed by atoms with van der Waals surface area (Å²) in [5.74, 6) is 0.695. The van der Waals surface area contributed by atoms with Gasteiger partial charge in [-0.1, -0.05) is 12.1 Å². The summed E-state index contributed by atoms with van der Waals surface area (Å²) in [4.78, 5) is 2.49. The van der Waals surface area contributed by atoms with E-state index in [1.165, 1.54) is 31.9 Å². The van der Waals surface area contributed by atoms with E-state index in [-0.39, 0.29) is 11.9 Å². The monoisotopic (exact) mass is 234 g/mol. The van der Waals surface area contributed by atoms with E-state index in [0.29, 0.717) is 0 Å². The van der Waals surface area contributed by atoms with Gasteiger partial charge in [0.05, 0.1) is 0 Å². The number of fused-ring (bicyclic) bond motifs is 2. The first-order valence-electron chi connectivity index (χ1n) is 6.47. The number of benzene rings is 1. The van der Waals surface area contributed by atoms with Gasteiger partial charge in [-0.2, -0.15) is 0 Å². The van der Waals surface area contributed by atoms with Crippen LogP contribution in [0.5, 0.6) is 0 Å². The van der Waals surface area contributed by atoms with Crippen LogP contribution in [0, 0.1) is 11.7 Å². The van der Waals surface area contributed by atoms with E-state index in [1.54, 1.807) is 12.1 Å². The maximum absolute atomic E-state index is 13.1. The fourth-order valence-corrected chi connectivity index (χ4v) is 3.35. The maximum Gasteiger partial charge on any atom is 0.123 e. The summed E-state index contributed by atoms with van der Waals surface area (Å²) in [5, 5.41) is 0. The molecule has 1 heterocycles. The Balaban J connectivity index is 1.65. The summed E-state index contributed by atoms with van der Waals surface area (Å²) >= 11 is 0. The Bertz CT molecular complexity index is 407. The minimum Gasteiger partial charge on any atom is -0.323 e. The molecule has 3 heteroatoms. The number of hydrogen-bond acceptors (Lipinski definition) is 2. The number of rotatable bonds is 3. The molecule has 1 aromatic carbocycles. The first kappa shape index (κ1) is 11.2. The predicted octanol–water partition coefficient (Wildman–Crippen LogP) is 2.31. The standard InChI is InChI=1S/C14H19FN2/c15-12-3-1-2-11(7-12)14(16)9-17-8-10-4-5-13(17)6-10/h1-3,7,10,13-14H,4-6,8-9,16H2. The SMILES string of the molecule is NC(CN1CC2CCC1C2)c1cccc(F)c1. The van der Waals surface area contributed by atoms with Gasteiger partial charge < -0.3 is 5.73 Å². The quantitative estimate of drug-likeness (QED) is 0.869. The molecule has 0 amide bonds. The molecule has 2 fully saturated rings. The molecule has 92 valence electrons. The first-order valence-corrected chi connectivity index (χ1v) is 6.47. The molecule has 0 radical (unpaired) electrons. The van der Waals surface area contributed by atoms with Gasteiger partial charge in [0.25, 0.3) is 0 Å². The summed E-state index contributed by atoms with van der Waals surface area (Å²) in [6.07, 6.45) is 4.05. The van der Waals surface area contributed by atoms with Gasteiger partial charge in [-0.05, 0) is 42.9 Å².